The Morgan fingerprint density at radius 2 is 2.20 bits per heavy atom. The van der Waals surface area contributed by atoms with E-state index in [-0.39, 0.29) is 11.8 Å². The highest BCUT2D eigenvalue weighted by atomic mass is 16.5. The number of hydrogen-bond donors (Lipinski definition) is 1. The van der Waals surface area contributed by atoms with E-state index in [4.69, 9.17) is 4.74 Å². The third-order valence-electron chi connectivity index (χ3n) is 3.83. The highest BCUT2D eigenvalue weighted by molar-refractivity contribution is 5.77. The van der Waals surface area contributed by atoms with E-state index in [0.29, 0.717) is 12.5 Å². The summed E-state index contributed by atoms with van der Waals surface area (Å²) in [6.07, 6.45) is 4.00. The third-order valence-corrected chi connectivity index (χ3v) is 3.83. The van der Waals surface area contributed by atoms with Crippen molar-refractivity contribution >= 4 is 5.91 Å². The highest BCUT2D eigenvalue weighted by Crippen LogP contribution is 2.26. The summed E-state index contributed by atoms with van der Waals surface area (Å²) in [5.74, 6) is 1.77. The van der Waals surface area contributed by atoms with Crippen molar-refractivity contribution in [3.8, 4) is 0 Å². The molecule has 112 valence electrons. The van der Waals surface area contributed by atoms with Crippen LogP contribution in [0.15, 0.2) is 6.20 Å². The normalized spacial score (nSPS) is 16.6. The summed E-state index contributed by atoms with van der Waals surface area (Å²) in [5.41, 5.74) is 1.16. The molecule has 1 saturated heterocycles. The zero-order valence-corrected chi connectivity index (χ0v) is 12.7. The molecule has 5 nitrogen and oxygen atoms in total. The van der Waals surface area contributed by atoms with Crippen molar-refractivity contribution in [3.63, 3.8) is 0 Å². The second-order valence-electron chi connectivity index (χ2n) is 5.74. The summed E-state index contributed by atoms with van der Waals surface area (Å²) in [6, 6.07) is 0. The number of imidazole rings is 1. The van der Waals surface area contributed by atoms with Gasteiger partial charge in [0.15, 0.2) is 0 Å². The molecule has 0 unspecified atom stereocenters. The number of nitrogens with one attached hydrogen (secondary N) is 1. The molecule has 1 fully saturated rings. The zero-order valence-electron chi connectivity index (χ0n) is 12.7. The van der Waals surface area contributed by atoms with Gasteiger partial charge in [0.25, 0.3) is 0 Å². The van der Waals surface area contributed by atoms with E-state index in [1.165, 1.54) is 0 Å². The first-order chi connectivity index (χ1) is 9.59. The predicted molar refractivity (Wildman–Crippen MR) is 77.6 cm³/mol. The number of ether oxygens (including phenoxy) is 1. The van der Waals surface area contributed by atoms with Crippen LogP contribution in [0.1, 0.15) is 44.1 Å². The molecule has 1 aromatic rings. The van der Waals surface area contributed by atoms with Crippen LogP contribution in [0, 0.1) is 12.8 Å². The molecule has 2 rings (SSSR count). The van der Waals surface area contributed by atoms with Gasteiger partial charge in [-0.2, -0.15) is 0 Å². The van der Waals surface area contributed by atoms with Crippen LogP contribution in [0.2, 0.25) is 0 Å². The Labute approximate surface area is 120 Å². The predicted octanol–water partition coefficient (Wildman–Crippen LogP) is 1.86. The molecule has 1 aromatic heterocycles. The van der Waals surface area contributed by atoms with Gasteiger partial charge in [0.05, 0.1) is 0 Å². The van der Waals surface area contributed by atoms with Crippen molar-refractivity contribution in [1.82, 2.24) is 14.9 Å². The Morgan fingerprint density at radius 1 is 1.50 bits per heavy atom. The molecule has 1 aliphatic heterocycles. The summed E-state index contributed by atoms with van der Waals surface area (Å²) in [7, 11) is 0. The fourth-order valence-corrected chi connectivity index (χ4v) is 2.55. The van der Waals surface area contributed by atoms with Crippen LogP contribution in [0.5, 0.6) is 0 Å². The minimum Gasteiger partial charge on any atom is -0.381 e. The number of amides is 1. The largest absolute Gasteiger partial charge is 0.381 e. The lowest BCUT2D eigenvalue weighted by atomic mass is 9.99. The average molecular weight is 279 g/mol. The number of carbonyl (C=O) groups excluding carboxylic acids is 1. The maximum atomic E-state index is 11.6. The molecular formula is C15H25N3O2. The number of nitrogens with zero attached hydrogens (tertiary/aromatic N) is 2. The van der Waals surface area contributed by atoms with Gasteiger partial charge in [-0.25, -0.2) is 4.98 Å². The van der Waals surface area contributed by atoms with Gasteiger partial charge in [0, 0.05) is 50.0 Å². The Kier molecular flexibility index (Phi) is 5.17. The van der Waals surface area contributed by atoms with Crippen molar-refractivity contribution in [3.05, 3.63) is 17.7 Å². The van der Waals surface area contributed by atoms with Crippen LogP contribution in [-0.2, 0) is 16.1 Å². The minimum absolute atomic E-state index is 0.0360. The molecule has 0 atom stereocenters. The van der Waals surface area contributed by atoms with E-state index in [0.717, 1.165) is 44.1 Å². The van der Waals surface area contributed by atoms with Gasteiger partial charge >= 0.3 is 0 Å². The molecule has 2 heterocycles. The molecule has 0 aliphatic carbocycles. The second-order valence-corrected chi connectivity index (χ2v) is 5.74. The topological polar surface area (TPSA) is 56.1 Å². The van der Waals surface area contributed by atoms with Crippen LogP contribution in [0.25, 0.3) is 0 Å². The van der Waals surface area contributed by atoms with Gasteiger partial charge in [0.2, 0.25) is 5.91 Å². The van der Waals surface area contributed by atoms with Crippen LogP contribution in [0.3, 0.4) is 0 Å². The maximum Gasteiger partial charge on any atom is 0.222 e. The van der Waals surface area contributed by atoms with Crippen molar-refractivity contribution in [2.75, 3.05) is 19.8 Å². The van der Waals surface area contributed by atoms with Gasteiger partial charge in [-0.3, -0.25) is 4.79 Å². The highest BCUT2D eigenvalue weighted by Gasteiger charge is 2.21. The van der Waals surface area contributed by atoms with Crippen molar-refractivity contribution in [2.24, 2.45) is 5.92 Å². The Bertz CT molecular complexity index is 448. The molecule has 1 N–H and O–H groups in total. The number of aromatic nitrogens is 2. The van der Waals surface area contributed by atoms with Crippen molar-refractivity contribution in [1.29, 1.82) is 0 Å². The molecular weight excluding hydrogens is 254 g/mol. The zero-order chi connectivity index (χ0) is 14.5. The fourth-order valence-electron chi connectivity index (χ4n) is 2.55. The Balaban J connectivity index is 1.96. The lowest BCUT2D eigenvalue weighted by molar-refractivity contribution is -0.124. The fraction of sp³-hybridized carbons (Fsp3) is 0.733. The third kappa shape index (κ3) is 3.60. The second kappa shape index (κ2) is 6.88. The quantitative estimate of drug-likeness (QED) is 0.895. The molecule has 0 saturated carbocycles. The van der Waals surface area contributed by atoms with E-state index in [1.54, 1.807) is 0 Å². The van der Waals surface area contributed by atoms with Crippen molar-refractivity contribution in [2.45, 2.75) is 46.1 Å². The van der Waals surface area contributed by atoms with Crippen LogP contribution < -0.4 is 5.32 Å². The molecule has 0 bridgehead atoms. The standard InChI is InChI=1S/C15H25N3O2/c1-11(2)15(19)16-6-7-18-12(3)10-17-14(18)13-4-8-20-9-5-13/h10-11,13H,4-9H2,1-3H3,(H,16,19). The number of carbonyl (C=O) groups is 1. The Morgan fingerprint density at radius 3 is 2.85 bits per heavy atom. The molecule has 1 amide bonds. The minimum atomic E-state index is 0.0360. The first-order valence-corrected chi connectivity index (χ1v) is 7.47. The lowest BCUT2D eigenvalue weighted by Crippen LogP contribution is -2.31. The molecule has 1 aliphatic rings. The van der Waals surface area contributed by atoms with E-state index < -0.39 is 0 Å². The SMILES string of the molecule is Cc1cnc(C2CCOCC2)n1CCNC(=O)C(C)C. The lowest BCUT2D eigenvalue weighted by Gasteiger charge is -2.23. The van der Waals surface area contributed by atoms with Crippen molar-refractivity contribution < 1.29 is 9.53 Å². The first kappa shape index (κ1) is 15.0. The van der Waals surface area contributed by atoms with Gasteiger partial charge in [-0.05, 0) is 19.8 Å². The molecule has 20 heavy (non-hydrogen) atoms. The maximum absolute atomic E-state index is 11.6. The van der Waals surface area contributed by atoms with Gasteiger partial charge in [-0.15, -0.1) is 0 Å². The van der Waals surface area contributed by atoms with E-state index >= 15 is 0 Å². The smallest absolute Gasteiger partial charge is 0.222 e. The molecule has 5 heteroatoms. The van der Waals surface area contributed by atoms with Crippen LogP contribution in [-0.4, -0.2) is 35.2 Å². The molecule has 0 aromatic carbocycles. The molecule has 0 spiro atoms. The average Bonchev–Trinajstić information content (AvgIpc) is 2.81. The summed E-state index contributed by atoms with van der Waals surface area (Å²) in [6.45, 7) is 8.97. The first-order valence-electron chi connectivity index (χ1n) is 7.47. The Hall–Kier alpha value is -1.36. The summed E-state index contributed by atoms with van der Waals surface area (Å²) in [4.78, 5) is 16.2. The van der Waals surface area contributed by atoms with E-state index in [1.807, 2.05) is 20.0 Å². The van der Waals surface area contributed by atoms with Crippen LogP contribution in [0.4, 0.5) is 0 Å². The summed E-state index contributed by atoms with van der Waals surface area (Å²) < 4.78 is 7.65. The summed E-state index contributed by atoms with van der Waals surface area (Å²) >= 11 is 0. The number of aryl methyl sites for hydroxylation is 1. The molecule has 0 radical (unpaired) electrons. The number of hydrogen-bond acceptors (Lipinski definition) is 3. The van der Waals surface area contributed by atoms with Crippen LogP contribution >= 0.6 is 0 Å². The van der Waals surface area contributed by atoms with E-state index in [2.05, 4.69) is 21.8 Å². The summed E-state index contributed by atoms with van der Waals surface area (Å²) in [5, 5.41) is 2.97. The van der Waals surface area contributed by atoms with Gasteiger partial charge in [-0.1, -0.05) is 13.8 Å². The van der Waals surface area contributed by atoms with Gasteiger partial charge < -0.3 is 14.6 Å². The number of rotatable bonds is 5. The van der Waals surface area contributed by atoms with E-state index in [9.17, 15) is 4.79 Å². The van der Waals surface area contributed by atoms with Gasteiger partial charge in [0.1, 0.15) is 5.82 Å². The monoisotopic (exact) mass is 279 g/mol.